The van der Waals surface area contributed by atoms with E-state index in [1.807, 2.05) is 24.3 Å². The first-order valence-corrected chi connectivity index (χ1v) is 8.56. The lowest BCUT2D eigenvalue weighted by Gasteiger charge is -2.14. The van der Waals surface area contributed by atoms with Crippen molar-refractivity contribution in [2.24, 2.45) is 0 Å². The van der Waals surface area contributed by atoms with Crippen LogP contribution in [0.2, 0.25) is 5.02 Å². The van der Waals surface area contributed by atoms with Crippen molar-refractivity contribution in [3.63, 3.8) is 0 Å². The number of fused-ring (bicyclic) bond motifs is 1. The molecular weight excluding hydrogens is 369 g/mol. The number of carbonyl (C=O) groups is 1. The summed E-state index contributed by atoms with van der Waals surface area (Å²) in [7, 11) is 0. The van der Waals surface area contributed by atoms with Crippen LogP contribution in [0.5, 0.6) is 0 Å². The Morgan fingerprint density at radius 2 is 1.93 bits per heavy atom. The second-order valence-corrected chi connectivity index (χ2v) is 6.65. The molecule has 0 aliphatic carbocycles. The van der Waals surface area contributed by atoms with Crippen molar-refractivity contribution in [1.29, 1.82) is 5.26 Å². The van der Waals surface area contributed by atoms with E-state index >= 15 is 0 Å². The van der Waals surface area contributed by atoms with Gasteiger partial charge in [-0.25, -0.2) is 14.1 Å². The summed E-state index contributed by atoms with van der Waals surface area (Å²) in [5.41, 5.74) is 3.84. The molecule has 2 aromatic carbocycles. The first-order chi connectivity index (χ1) is 13.0. The third-order valence-electron chi connectivity index (χ3n) is 4.47. The lowest BCUT2D eigenvalue weighted by atomic mass is 10.0. The van der Waals surface area contributed by atoms with E-state index in [2.05, 4.69) is 10.1 Å². The van der Waals surface area contributed by atoms with E-state index in [0.29, 0.717) is 13.1 Å². The highest BCUT2D eigenvalue weighted by Crippen LogP contribution is 2.30. The number of halogens is 2. The molecule has 0 bridgehead atoms. The van der Waals surface area contributed by atoms with E-state index in [4.69, 9.17) is 16.9 Å². The number of aromatic nitrogens is 3. The zero-order chi connectivity index (χ0) is 19.0. The van der Waals surface area contributed by atoms with Gasteiger partial charge in [0.05, 0.1) is 5.02 Å². The van der Waals surface area contributed by atoms with E-state index in [1.54, 1.807) is 17.0 Å². The number of hydrogen-bond acceptors (Lipinski definition) is 4. The van der Waals surface area contributed by atoms with Crippen LogP contribution >= 0.6 is 11.6 Å². The molecule has 0 atom stereocenters. The largest absolute Gasteiger partial charge is 0.332 e. The number of benzene rings is 2. The quantitative estimate of drug-likeness (QED) is 0.698. The van der Waals surface area contributed by atoms with Gasteiger partial charge in [-0.1, -0.05) is 29.8 Å². The number of nitriles is 1. The van der Waals surface area contributed by atoms with Gasteiger partial charge in [0.15, 0.2) is 0 Å². The van der Waals surface area contributed by atoms with Crippen LogP contribution in [-0.4, -0.2) is 25.6 Å². The molecule has 3 aromatic rings. The maximum Gasteiger partial charge on any atom is 0.252 e. The summed E-state index contributed by atoms with van der Waals surface area (Å²) in [5, 5.41) is 12.7. The molecule has 2 heterocycles. The minimum absolute atomic E-state index is 0.0308. The minimum Gasteiger partial charge on any atom is -0.332 e. The average Bonchev–Trinajstić information content (AvgIpc) is 3.29. The van der Waals surface area contributed by atoms with Crippen molar-refractivity contribution in [2.75, 3.05) is 0 Å². The van der Waals surface area contributed by atoms with Crippen LogP contribution in [0.25, 0.3) is 11.1 Å². The lowest BCUT2D eigenvalue weighted by molar-refractivity contribution is -0.132. The summed E-state index contributed by atoms with van der Waals surface area (Å²) in [5.74, 6) is -0.520. The van der Waals surface area contributed by atoms with Crippen LogP contribution in [0.1, 0.15) is 17.0 Å². The summed E-state index contributed by atoms with van der Waals surface area (Å²) in [6, 6.07) is 12.3. The molecule has 8 heteroatoms. The number of carbonyl (C=O) groups excluding carboxylic acids is 1. The van der Waals surface area contributed by atoms with Crippen molar-refractivity contribution < 1.29 is 9.18 Å². The van der Waals surface area contributed by atoms with Crippen LogP contribution in [0.15, 0.2) is 42.7 Å². The molecule has 1 aliphatic heterocycles. The van der Waals surface area contributed by atoms with Crippen molar-refractivity contribution in [3.05, 3.63) is 70.5 Å². The fourth-order valence-corrected chi connectivity index (χ4v) is 3.27. The first kappa shape index (κ1) is 17.2. The Labute approximate surface area is 159 Å². The van der Waals surface area contributed by atoms with Crippen LogP contribution in [0, 0.1) is 17.1 Å². The maximum atomic E-state index is 13.4. The number of hydrogen-bond donors (Lipinski definition) is 0. The van der Waals surface area contributed by atoms with Gasteiger partial charge in [0, 0.05) is 13.1 Å². The predicted octanol–water partition coefficient (Wildman–Crippen LogP) is 3.15. The van der Waals surface area contributed by atoms with Crippen LogP contribution < -0.4 is 0 Å². The Hall–Kier alpha value is -3.24. The lowest BCUT2D eigenvalue weighted by Crippen LogP contribution is -2.29. The van der Waals surface area contributed by atoms with Crippen molar-refractivity contribution in [1.82, 2.24) is 19.7 Å². The van der Waals surface area contributed by atoms with E-state index in [1.165, 1.54) is 17.1 Å². The van der Waals surface area contributed by atoms with E-state index < -0.39 is 5.82 Å². The highest BCUT2D eigenvalue weighted by molar-refractivity contribution is 6.31. The summed E-state index contributed by atoms with van der Waals surface area (Å²) in [6.07, 6.45) is 1.37. The van der Waals surface area contributed by atoms with E-state index in [9.17, 15) is 9.18 Å². The van der Waals surface area contributed by atoms with Crippen molar-refractivity contribution in [2.45, 2.75) is 19.6 Å². The molecule has 0 N–H and O–H groups in total. The highest BCUT2D eigenvalue weighted by Gasteiger charge is 2.24. The molecule has 4 rings (SSSR count). The molecule has 0 fully saturated rings. The average molecular weight is 382 g/mol. The minimum atomic E-state index is -0.453. The molecule has 1 aromatic heterocycles. The zero-order valence-corrected chi connectivity index (χ0v) is 14.8. The monoisotopic (exact) mass is 381 g/mol. The third kappa shape index (κ3) is 3.39. The number of nitrogens with zero attached hydrogens (tertiary/aromatic N) is 5. The van der Waals surface area contributed by atoms with Gasteiger partial charge >= 0.3 is 0 Å². The Bertz CT molecular complexity index is 1090. The Balaban J connectivity index is 1.50. The zero-order valence-electron chi connectivity index (χ0n) is 14.1. The molecular formula is C19H13ClFN5O. The molecule has 1 aliphatic rings. The standard InChI is InChI=1S/C19H13ClFN5O/c20-16-6-13(3-4-17(16)21)12-1-2-14-8-25(9-15(14)5-12)19(27)10-26-11-23-18(7-22)24-26/h1-6,11H,8-10H2. The van der Waals surface area contributed by atoms with Crippen LogP contribution in [0.3, 0.4) is 0 Å². The highest BCUT2D eigenvalue weighted by atomic mass is 35.5. The fourth-order valence-electron chi connectivity index (χ4n) is 3.09. The third-order valence-corrected chi connectivity index (χ3v) is 4.76. The first-order valence-electron chi connectivity index (χ1n) is 8.18. The second kappa shape index (κ2) is 6.82. The van der Waals surface area contributed by atoms with Crippen molar-refractivity contribution >= 4 is 17.5 Å². The molecule has 6 nitrogen and oxygen atoms in total. The Kier molecular flexibility index (Phi) is 4.34. The molecule has 0 spiro atoms. The van der Waals surface area contributed by atoms with E-state index in [0.717, 1.165) is 22.3 Å². The predicted molar refractivity (Wildman–Crippen MR) is 95.8 cm³/mol. The Morgan fingerprint density at radius 1 is 1.19 bits per heavy atom. The summed E-state index contributed by atoms with van der Waals surface area (Å²) in [4.78, 5) is 18.0. The van der Waals surface area contributed by atoms with Crippen LogP contribution in [-0.2, 0) is 24.4 Å². The summed E-state index contributed by atoms with van der Waals surface area (Å²) in [6.45, 7) is 1.03. The van der Waals surface area contributed by atoms with Gasteiger partial charge in [0.2, 0.25) is 5.91 Å². The van der Waals surface area contributed by atoms with E-state index in [-0.39, 0.29) is 23.3 Å². The van der Waals surface area contributed by atoms with Gasteiger partial charge in [-0.05, 0) is 40.5 Å². The van der Waals surface area contributed by atoms with Gasteiger partial charge in [-0.3, -0.25) is 4.79 Å². The van der Waals surface area contributed by atoms with Crippen molar-refractivity contribution in [3.8, 4) is 17.2 Å². The van der Waals surface area contributed by atoms with Gasteiger partial charge in [0.25, 0.3) is 5.82 Å². The maximum absolute atomic E-state index is 13.4. The molecule has 134 valence electrons. The fraction of sp³-hybridized carbons (Fsp3) is 0.158. The molecule has 0 saturated heterocycles. The van der Waals surface area contributed by atoms with Crippen LogP contribution in [0.4, 0.5) is 4.39 Å². The molecule has 0 radical (unpaired) electrons. The normalized spacial score (nSPS) is 12.7. The molecule has 0 unspecified atom stereocenters. The summed E-state index contributed by atoms with van der Waals surface area (Å²) < 4.78 is 14.7. The van der Waals surface area contributed by atoms with Gasteiger partial charge < -0.3 is 4.90 Å². The topological polar surface area (TPSA) is 74.8 Å². The smallest absolute Gasteiger partial charge is 0.252 e. The van der Waals surface area contributed by atoms with Gasteiger partial charge in [0.1, 0.15) is 24.8 Å². The Morgan fingerprint density at radius 3 is 2.67 bits per heavy atom. The summed E-state index contributed by atoms with van der Waals surface area (Å²) >= 11 is 5.87. The SMILES string of the molecule is N#Cc1ncn(CC(=O)N2Cc3ccc(-c4ccc(F)c(Cl)c4)cc3C2)n1. The second-order valence-electron chi connectivity index (χ2n) is 6.24. The molecule has 0 saturated carbocycles. The number of amides is 1. The molecule has 1 amide bonds. The van der Waals surface area contributed by atoms with Gasteiger partial charge in [-0.15, -0.1) is 5.10 Å². The van der Waals surface area contributed by atoms with Gasteiger partial charge in [-0.2, -0.15) is 5.26 Å². The molecule has 27 heavy (non-hydrogen) atoms. The number of rotatable bonds is 3.